The maximum Gasteiger partial charge on any atom is 0.225 e. The molecule has 0 aromatic heterocycles. The zero-order valence-corrected chi connectivity index (χ0v) is 19.2. The average molecular weight is 414 g/mol. The number of carbonyl (C=O) groups excluding carboxylic acids is 2. The van der Waals surface area contributed by atoms with Crippen molar-refractivity contribution in [2.75, 3.05) is 26.2 Å². The third kappa shape index (κ3) is 6.31. The SMILES string of the molecule is CC(C)C(=O)N1CCC[C@H](C(=O)NCc2ccc(CN3C[C@H](C)C[C@H](C)C3)cc2)C1. The Bertz CT molecular complexity index is 706. The van der Waals surface area contributed by atoms with Gasteiger partial charge in [-0.05, 0) is 42.2 Å². The van der Waals surface area contributed by atoms with Crippen molar-refractivity contribution in [1.82, 2.24) is 15.1 Å². The van der Waals surface area contributed by atoms with Crippen molar-refractivity contribution in [2.24, 2.45) is 23.7 Å². The molecular formula is C25H39N3O2. The van der Waals surface area contributed by atoms with E-state index in [9.17, 15) is 9.59 Å². The van der Waals surface area contributed by atoms with Crippen LogP contribution in [0.15, 0.2) is 24.3 Å². The van der Waals surface area contributed by atoms with Crippen molar-refractivity contribution in [3.05, 3.63) is 35.4 Å². The molecule has 2 heterocycles. The van der Waals surface area contributed by atoms with E-state index < -0.39 is 0 Å². The molecule has 0 aliphatic carbocycles. The molecule has 5 heteroatoms. The molecule has 3 atom stereocenters. The number of benzene rings is 1. The second kappa shape index (κ2) is 10.4. The highest BCUT2D eigenvalue weighted by Crippen LogP contribution is 2.23. The summed E-state index contributed by atoms with van der Waals surface area (Å²) in [5.74, 6) is 1.66. The summed E-state index contributed by atoms with van der Waals surface area (Å²) >= 11 is 0. The van der Waals surface area contributed by atoms with E-state index in [-0.39, 0.29) is 23.7 Å². The Morgan fingerprint density at radius 1 is 1.03 bits per heavy atom. The van der Waals surface area contributed by atoms with Gasteiger partial charge in [0.15, 0.2) is 0 Å². The van der Waals surface area contributed by atoms with E-state index in [2.05, 4.69) is 48.3 Å². The van der Waals surface area contributed by atoms with Crippen LogP contribution in [0.3, 0.4) is 0 Å². The van der Waals surface area contributed by atoms with E-state index >= 15 is 0 Å². The zero-order chi connectivity index (χ0) is 21.7. The Hall–Kier alpha value is -1.88. The lowest BCUT2D eigenvalue weighted by Gasteiger charge is -2.35. The summed E-state index contributed by atoms with van der Waals surface area (Å²) in [7, 11) is 0. The first-order valence-electron chi connectivity index (χ1n) is 11.7. The molecule has 2 fully saturated rings. The van der Waals surface area contributed by atoms with Crippen molar-refractivity contribution in [3.63, 3.8) is 0 Å². The van der Waals surface area contributed by atoms with E-state index in [4.69, 9.17) is 0 Å². The first-order valence-corrected chi connectivity index (χ1v) is 11.7. The Balaban J connectivity index is 1.46. The second-order valence-corrected chi connectivity index (χ2v) is 9.95. The summed E-state index contributed by atoms with van der Waals surface area (Å²) in [6, 6.07) is 8.63. The highest BCUT2D eigenvalue weighted by Gasteiger charge is 2.29. The van der Waals surface area contributed by atoms with E-state index in [1.165, 1.54) is 25.1 Å². The fraction of sp³-hybridized carbons (Fsp3) is 0.680. The fourth-order valence-corrected chi connectivity index (χ4v) is 5.03. The van der Waals surface area contributed by atoms with Gasteiger partial charge in [-0.3, -0.25) is 14.5 Å². The van der Waals surface area contributed by atoms with Crippen LogP contribution in [0, 0.1) is 23.7 Å². The summed E-state index contributed by atoms with van der Waals surface area (Å²) in [5.41, 5.74) is 2.46. The molecule has 1 N–H and O–H groups in total. The van der Waals surface area contributed by atoms with E-state index in [0.717, 1.165) is 43.3 Å². The van der Waals surface area contributed by atoms with Gasteiger partial charge < -0.3 is 10.2 Å². The van der Waals surface area contributed by atoms with Crippen LogP contribution in [0.25, 0.3) is 0 Å². The minimum absolute atomic E-state index is 0.0123. The van der Waals surface area contributed by atoms with Gasteiger partial charge in [-0.1, -0.05) is 52.0 Å². The van der Waals surface area contributed by atoms with Crippen molar-refractivity contribution >= 4 is 11.8 Å². The number of nitrogens with one attached hydrogen (secondary N) is 1. The van der Waals surface area contributed by atoms with Gasteiger partial charge in [0.05, 0.1) is 5.92 Å². The third-order valence-electron chi connectivity index (χ3n) is 6.44. The maximum atomic E-state index is 12.6. The van der Waals surface area contributed by atoms with Crippen LogP contribution in [0.1, 0.15) is 58.1 Å². The molecule has 2 aliphatic heterocycles. The number of amides is 2. The molecule has 3 rings (SSSR count). The molecule has 5 nitrogen and oxygen atoms in total. The van der Waals surface area contributed by atoms with E-state index in [1.54, 1.807) is 0 Å². The number of nitrogens with zero attached hydrogens (tertiary/aromatic N) is 2. The summed E-state index contributed by atoms with van der Waals surface area (Å²) in [4.78, 5) is 29.3. The molecule has 0 spiro atoms. The topological polar surface area (TPSA) is 52.7 Å². The summed E-state index contributed by atoms with van der Waals surface area (Å²) in [6.07, 6.45) is 3.10. The molecule has 166 valence electrons. The van der Waals surface area contributed by atoms with Crippen LogP contribution in [-0.2, 0) is 22.7 Å². The Kier molecular flexibility index (Phi) is 7.93. The second-order valence-electron chi connectivity index (χ2n) is 9.95. The van der Waals surface area contributed by atoms with Crippen molar-refractivity contribution < 1.29 is 9.59 Å². The molecule has 30 heavy (non-hydrogen) atoms. The summed E-state index contributed by atoms with van der Waals surface area (Å²) < 4.78 is 0. The van der Waals surface area contributed by atoms with Crippen LogP contribution >= 0.6 is 0 Å². The highest BCUT2D eigenvalue weighted by molar-refractivity contribution is 5.82. The average Bonchev–Trinajstić information content (AvgIpc) is 2.71. The Morgan fingerprint density at radius 3 is 2.30 bits per heavy atom. The largest absolute Gasteiger partial charge is 0.352 e. The lowest BCUT2D eigenvalue weighted by Crippen LogP contribution is -2.46. The number of likely N-dealkylation sites (tertiary alicyclic amines) is 2. The quantitative estimate of drug-likeness (QED) is 0.774. The van der Waals surface area contributed by atoms with Gasteiger partial charge in [-0.25, -0.2) is 0 Å². The monoisotopic (exact) mass is 413 g/mol. The lowest BCUT2D eigenvalue weighted by molar-refractivity contribution is -0.138. The molecule has 1 aromatic carbocycles. The molecule has 2 amide bonds. The normalized spacial score (nSPS) is 25.4. The molecule has 0 saturated carbocycles. The number of carbonyl (C=O) groups is 2. The number of hydrogen-bond donors (Lipinski definition) is 1. The smallest absolute Gasteiger partial charge is 0.225 e. The van der Waals surface area contributed by atoms with Crippen molar-refractivity contribution in [2.45, 2.75) is 60.0 Å². The van der Waals surface area contributed by atoms with E-state index in [1.807, 2.05) is 18.7 Å². The Labute approximate surface area is 182 Å². The highest BCUT2D eigenvalue weighted by atomic mass is 16.2. The van der Waals surface area contributed by atoms with Crippen LogP contribution in [0.4, 0.5) is 0 Å². The predicted molar refractivity (Wildman–Crippen MR) is 121 cm³/mol. The minimum atomic E-state index is -0.0937. The number of hydrogen-bond acceptors (Lipinski definition) is 3. The van der Waals surface area contributed by atoms with Gasteiger partial charge in [-0.15, -0.1) is 0 Å². The van der Waals surface area contributed by atoms with Crippen LogP contribution in [-0.4, -0.2) is 47.8 Å². The van der Waals surface area contributed by atoms with Gasteiger partial charge in [0.1, 0.15) is 0 Å². The van der Waals surface area contributed by atoms with Crippen LogP contribution in [0.2, 0.25) is 0 Å². The van der Waals surface area contributed by atoms with Gasteiger partial charge in [0.2, 0.25) is 11.8 Å². The maximum absolute atomic E-state index is 12.6. The van der Waals surface area contributed by atoms with Crippen molar-refractivity contribution in [3.8, 4) is 0 Å². The number of rotatable bonds is 6. The molecule has 0 radical (unpaired) electrons. The van der Waals surface area contributed by atoms with Crippen LogP contribution < -0.4 is 5.32 Å². The van der Waals surface area contributed by atoms with Gasteiger partial charge >= 0.3 is 0 Å². The van der Waals surface area contributed by atoms with Crippen molar-refractivity contribution in [1.29, 1.82) is 0 Å². The van der Waals surface area contributed by atoms with Crippen LogP contribution in [0.5, 0.6) is 0 Å². The minimum Gasteiger partial charge on any atom is -0.352 e. The van der Waals surface area contributed by atoms with E-state index in [0.29, 0.717) is 13.1 Å². The first kappa shape index (κ1) is 22.8. The molecule has 1 aromatic rings. The summed E-state index contributed by atoms with van der Waals surface area (Å²) in [6.45, 7) is 13.8. The summed E-state index contributed by atoms with van der Waals surface area (Å²) in [5, 5.41) is 3.08. The first-order chi connectivity index (χ1) is 14.3. The Morgan fingerprint density at radius 2 is 1.67 bits per heavy atom. The molecule has 0 bridgehead atoms. The van der Waals surface area contributed by atoms with Gasteiger partial charge in [0.25, 0.3) is 0 Å². The molecule has 2 aliphatic rings. The molecular weight excluding hydrogens is 374 g/mol. The molecule has 0 unspecified atom stereocenters. The molecule has 2 saturated heterocycles. The fourth-order valence-electron chi connectivity index (χ4n) is 5.03. The zero-order valence-electron chi connectivity index (χ0n) is 19.2. The number of piperidine rings is 2. The standard InChI is InChI=1S/C25H39N3O2/c1-18(2)25(30)28-11-5-6-23(17-28)24(29)26-13-21-7-9-22(10-8-21)16-27-14-19(3)12-20(4)15-27/h7-10,18-20,23H,5-6,11-17H2,1-4H3,(H,26,29)/t19-,20+,23-/m0/s1. The lowest BCUT2D eigenvalue weighted by atomic mass is 9.91. The third-order valence-corrected chi connectivity index (χ3v) is 6.44. The van der Waals surface area contributed by atoms with Gasteiger partial charge in [-0.2, -0.15) is 0 Å². The van der Waals surface area contributed by atoms with Gasteiger partial charge in [0, 0.05) is 45.2 Å². The predicted octanol–water partition coefficient (Wildman–Crippen LogP) is 3.68.